The van der Waals surface area contributed by atoms with Crippen LogP contribution < -0.4 is 5.32 Å². The van der Waals surface area contributed by atoms with E-state index >= 15 is 0 Å². The minimum Gasteiger partial charge on any atom is -0.480 e. The van der Waals surface area contributed by atoms with Gasteiger partial charge in [0.1, 0.15) is 12.6 Å². The van der Waals surface area contributed by atoms with Gasteiger partial charge in [-0.05, 0) is 23.1 Å². The molecule has 1 aromatic carbocycles. The molecule has 3 N–H and O–H groups in total. The van der Waals surface area contributed by atoms with Gasteiger partial charge in [0.15, 0.2) is 0 Å². The van der Waals surface area contributed by atoms with E-state index in [1.807, 2.05) is 30.5 Å². The van der Waals surface area contributed by atoms with Crippen LogP contribution in [0.3, 0.4) is 0 Å². The van der Waals surface area contributed by atoms with Crippen LogP contribution in [0.2, 0.25) is 0 Å². The van der Waals surface area contributed by atoms with Crippen molar-refractivity contribution >= 4 is 23.0 Å². The Hall–Kier alpha value is -2.76. The molecular formula is C15H16N2O4. The number of rotatable bonds is 6. The molecule has 0 saturated heterocycles. The monoisotopic (exact) mass is 288 g/mol. The molecule has 2 rings (SSSR count). The largest absolute Gasteiger partial charge is 0.480 e. The summed E-state index contributed by atoms with van der Waals surface area (Å²) in [5.74, 6) is -1.11. The Kier molecular flexibility index (Phi) is 4.61. The normalized spacial score (nSPS) is 11.8. The number of carboxylic acid groups (broad SMARTS) is 1. The van der Waals surface area contributed by atoms with E-state index in [0.717, 1.165) is 16.5 Å². The molecule has 6 heteroatoms. The third-order valence-electron chi connectivity index (χ3n) is 2.98. The van der Waals surface area contributed by atoms with Crippen molar-refractivity contribution in [3.05, 3.63) is 48.7 Å². The number of carboxylic acids is 1. The SMILES string of the molecule is C=CCOC(=O)NC(Cc1ccc2cc[nH]c2c1)C(=O)O. The van der Waals surface area contributed by atoms with Gasteiger partial charge < -0.3 is 20.1 Å². The minimum absolute atomic E-state index is 0.0343. The molecule has 0 fully saturated rings. The lowest BCUT2D eigenvalue weighted by molar-refractivity contribution is -0.139. The maximum Gasteiger partial charge on any atom is 0.408 e. The number of fused-ring (bicyclic) bond motifs is 1. The Labute approximate surface area is 121 Å². The Morgan fingerprint density at radius 2 is 2.24 bits per heavy atom. The number of aromatic nitrogens is 1. The van der Waals surface area contributed by atoms with Gasteiger partial charge in [-0.1, -0.05) is 24.8 Å². The fraction of sp³-hybridized carbons (Fsp3) is 0.200. The van der Waals surface area contributed by atoms with Crippen molar-refractivity contribution in [1.82, 2.24) is 10.3 Å². The summed E-state index contributed by atoms with van der Waals surface area (Å²) in [6.07, 6.45) is 2.62. The molecule has 1 amide bonds. The first kappa shape index (κ1) is 14.6. The maximum absolute atomic E-state index is 11.4. The van der Waals surface area contributed by atoms with Crippen LogP contribution in [-0.2, 0) is 16.0 Å². The average molecular weight is 288 g/mol. The molecule has 0 aliphatic carbocycles. The first-order valence-corrected chi connectivity index (χ1v) is 6.43. The van der Waals surface area contributed by atoms with Gasteiger partial charge >= 0.3 is 12.1 Å². The van der Waals surface area contributed by atoms with E-state index in [-0.39, 0.29) is 13.0 Å². The Morgan fingerprint density at radius 1 is 1.43 bits per heavy atom. The summed E-state index contributed by atoms with van der Waals surface area (Å²) in [6, 6.07) is 6.48. The molecule has 1 heterocycles. The van der Waals surface area contributed by atoms with Gasteiger partial charge in [0, 0.05) is 18.1 Å². The standard InChI is InChI=1S/C15H16N2O4/c1-2-7-21-15(20)17-13(14(18)19)9-10-3-4-11-5-6-16-12(11)8-10/h2-6,8,13,16H,1,7,9H2,(H,17,20)(H,18,19). The second-order valence-electron chi connectivity index (χ2n) is 4.53. The third kappa shape index (κ3) is 3.85. The lowest BCUT2D eigenvalue weighted by Gasteiger charge is -2.14. The molecule has 1 unspecified atom stereocenters. The van der Waals surface area contributed by atoms with E-state index in [4.69, 9.17) is 4.74 Å². The second kappa shape index (κ2) is 6.60. The first-order valence-electron chi connectivity index (χ1n) is 6.43. The molecule has 0 aliphatic rings. The number of aromatic amines is 1. The van der Waals surface area contributed by atoms with Crippen LogP contribution in [0, 0.1) is 0 Å². The van der Waals surface area contributed by atoms with Crippen molar-refractivity contribution < 1.29 is 19.4 Å². The Morgan fingerprint density at radius 3 is 2.95 bits per heavy atom. The smallest absolute Gasteiger partial charge is 0.408 e. The highest BCUT2D eigenvalue weighted by Crippen LogP contribution is 2.15. The molecule has 110 valence electrons. The van der Waals surface area contributed by atoms with Crippen molar-refractivity contribution in [2.45, 2.75) is 12.5 Å². The summed E-state index contributed by atoms with van der Waals surface area (Å²) in [4.78, 5) is 25.7. The van der Waals surface area contributed by atoms with Crippen LogP contribution in [-0.4, -0.2) is 34.8 Å². The zero-order valence-corrected chi connectivity index (χ0v) is 11.3. The number of ether oxygens (including phenoxy) is 1. The quantitative estimate of drug-likeness (QED) is 0.710. The van der Waals surface area contributed by atoms with Crippen molar-refractivity contribution in [3.8, 4) is 0 Å². The number of hydrogen-bond donors (Lipinski definition) is 3. The number of benzene rings is 1. The number of alkyl carbamates (subject to hydrolysis) is 1. The molecule has 2 aromatic rings. The summed E-state index contributed by atoms with van der Waals surface area (Å²) in [5, 5.41) is 12.6. The van der Waals surface area contributed by atoms with Crippen LogP contribution in [0.15, 0.2) is 43.1 Å². The summed E-state index contributed by atoms with van der Waals surface area (Å²) in [6.45, 7) is 3.45. The van der Waals surface area contributed by atoms with Crippen LogP contribution in [0.4, 0.5) is 4.79 Å². The fourth-order valence-corrected chi connectivity index (χ4v) is 1.98. The van der Waals surface area contributed by atoms with Crippen molar-refractivity contribution in [2.75, 3.05) is 6.61 Å². The molecule has 1 aromatic heterocycles. The van der Waals surface area contributed by atoms with Gasteiger partial charge in [0.05, 0.1) is 0 Å². The highest BCUT2D eigenvalue weighted by atomic mass is 16.5. The van der Waals surface area contributed by atoms with Gasteiger partial charge in [0.2, 0.25) is 0 Å². The van der Waals surface area contributed by atoms with E-state index in [0.29, 0.717) is 0 Å². The number of nitrogens with one attached hydrogen (secondary N) is 2. The maximum atomic E-state index is 11.4. The second-order valence-corrected chi connectivity index (χ2v) is 4.53. The van der Waals surface area contributed by atoms with Gasteiger partial charge in [-0.25, -0.2) is 9.59 Å². The van der Waals surface area contributed by atoms with Crippen molar-refractivity contribution in [2.24, 2.45) is 0 Å². The molecule has 6 nitrogen and oxygen atoms in total. The summed E-state index contributed by atoms with van der Waals surface area (Å²) >= 11 is 0. The van der Waals surface area contributed by atoms with Crippen LogP contribution in [0.5, 0.6) is 0 Å². The first-order chi connectivity index (χ1) is 10.1. The topological polar surface area (TPSA) is 91.4 Å². The fourth-order valence-electron chi connectivity index (χ4n) is 1.98. The lowest BCUT2D eigenvalue weighted by Crippen LogP contribution is -2.42. The van der Waals surface area contributed by atoms with Gasteiger partial charge in [-0.15, -0.1) is 0 Å². The number of carbonyl (C=O) groups is 2. The predicted octanol–water partition coefficient (Wildman–Crippen LogP) is 2.08. The van der Waals surface area contributed by atoms with Gasteiger partial charge in [-0.3, -0.25) is 0 Å². The molecule has 0 bridgehead atoms. The Balaban J connectivity index is 2.06. The molecule has 0 radical (unpaired) electrons. The predicted molar refractivity (Wildman–Crippen MR) is 78.1 cm³/mol. The summed E-state index contributed by atoms with van der Waals surface area (Å²) in [5.41, 5.74) is 1.73. The average Bonchev–Trinajstić information content (AvgIpc) is 2.91. The summed E-state index contributed by atoms with van der Waals surface area (Å²) < 4.78 is 4.73. The molecule has 0 spiro atoms. The lowest BCUT2D eigenvalue weighted by atomic mass is 10.0. The number of aliphatic carboxylic acids is 1. The van der Waals surface area contributed by atoms with Crippen molar-refractivity contribution in [1.29, 1.82) is 0 Å². The summed E-state index contributed by atoms with van der Waals surface area (Å²) in [7, 11) is 0. The molecule has 21 heavy (non-hydrogen) atoms. The van der Waals surface area contributed by atoms with Gasteiger partial charge in [-0.2, -0.15) is 0 Å². The van der Waals surface area contributed by atoms with Crippen LogP contribution >= 0.6 is 0 Å². The van der Waals surface area contributed by atoms with Crippen molar-refractivity contribution in [3.63, 3.8) is 0 Å². The molecule has 1 atom stereocenters. The zero-order valence-electron chi connectivity index (χ0n) is 11.3. The number of H-pyrrole nitrogens is 1. The number of carbonyl (C=O) groups excluding carboxylic acids is 1. The van der Waals surface area contributed by atoms with E-state index < -0.39 is 18.1 Å². The third-order valence-corrected chi connectivity index (χ3v) is 2.98. The molecule has 0 saturated carbocycles. The van der Waals surface area contributed by atoms with E-state index in [1.165, 1.54) is 6.08 Å². The van der Waals surface area contributed by atoms with Crippen LogP contribution in [0.1, 0.15) is 5.56 Å². The zero-order chi connectivity index (χ0) is 15.2. The van der Waals surface area contributed by atoms with E-state index in [9.17, 15) is 14.7 Å². The minimum atomic E-state index is -1.11. The van der Waals surface area contributed by atoms with Gasteiger partial charge in [0.25, 0.3) is 0 Å². The highest BCUT2D eigenvalue weighted by molar-refractivity contribution is 5.82. The Bertz CT molecular complexity index is 662. The van der Waals surface area contributed by atoms with Crippen LogP contribution in [0.25, 0.3) is 10.9 Å². The number of amides is 1. The highest BCUT2D eigenvalue weighted by Gasteiger charge is 2.21. The van der Waals surface area contributed by atoms with E-state index in [1.54, 1.807) is 0 Å². The molecule has 0 aliphatic heterocycles. The number of hydrogen-bond acceptors (Lipinski definition) is 3. The molecular weight excluding hydrogens is 272 g/mol. The van der Waals surface area contributed by atoms with E-state index in [2.05, 4.69) is 16.9 Å².